The van der Waals surface area contributed by atoms with Gasteiger partial charge in [-0.2, -0.15) is 0 Å². The average Bonchev–Trinajstić information content (AvgIpc) is 2.89. The summed E-state index contributed by atoms with van der Waals surface area (Å²) in [6.45, 7) is 0.587. The van der Waals surface area contributed by atoms with E-state index in [1.54, 1.807) is 29.2 Å². The van der Waals surface area contributed by atoms with Gasteiger partial charge in [-0.15, -0.1) is 10.2 Å². The fraction of sp³-hybridized carbons (Fsp3) is 0.200. The van der Waals surface area contributed by atoms with Crippen LogP contribution in [-0.2, 0) is 4.79 Å². The lowest BCUT2D eigenvalue weighted by atomic mass is 10.2. The third kappa shape index (κ3) is 3.24. The first-order valence-electron chi connectivity index (χ1n) is 7.01. The van der Waals surface area contributed by atoms with Crippen LogP contribution in [0.1, 0.15) is 16.9 Å². The van der Waals surface area contributed by atoms with E-state index in [1.165, 1.54) is 6.07 Å². The Balaban J connectivity index is 1.70. The van der Waals surface area contributed by atoms with Crippen molar-refractivity contribution in [1.29, 1.82) is 0 Å². The van der Waals surface area contributed by atoms with Crippen LogP contribution in [0.4, 0.5) is 11.5 Å². The molecule has 1 aromatic carbocycles. The monoisotopic (exact) mass is 331 g/mol. The lowest BCUT2D eigenvalue weighted by molar-refractivity contribution is -0.117. The summed E-state index contributed by atoms with van der Waals surface area (Å²) in [4.78, 5) is 25.1. The highest BCUT2D eigenvalue weighted by Crippen LogP contribution is 2.25. The first-order valence-corrected chi connectivity index (χ1v) is 7.39. The van der Waals surface area contributed by atoms with Gasteiger partial charge in [0.05, 0.1) is 0 Å². The Hall–Kier alpha value is -2.67. The molecule has 1 saturated heterocycles. The van der Waals surface area contributed by atoms with E-state index >= 15 is 0 Å². The van der Waals surface area contributed by atoms with Gasteiger partial charge in [-0.1, -0.05) is 17.7 Å². The maximum absolute atomic E-state index is 12.5. The number of carbonyl (C=O) groups excluding carboxylic acids is 2. The molecular formula is C15H14ClN5O2. The standard InChI is InChI=1S/C15H14ClN5O2/c16-9-2-1-3-10(8-9)21-7-6-12(15(21)23)18-13-5-4-11(14(17)22)19-20-13/h1-5,8,12H,6-7H2,(H2,17,22)(H,18,20). The lowest BCUT2D eigenvalue weighted by Crippen LogP contribution is -2.33. The lowest BCUT2D eigenvalue weighted by Gasteiger charge is -2.17. The van der Waals surface area contributed by atoms with Crippen molar-refractivity contribution in [2.45, 2.75) is 12.5 Å². The summed E-state index contributed by atoms with van der Waals surface area (Å²) in [6.07, 6.45) is 0.630. The minimum Gasteiger partial charge on any atom is -0.364 e. The van der Waals surface area contributed by atoms with E-state index in [0.717, 1.165) is 5.69 Å². The average molecular weight is 332 g/mol. The molecule has 0 bridgehead atoms. The Morgan fingerprint density at radius 1 is 1.30 bits per heavy atom. The Morgan fingerprint density at radius 3 is 2.78 bits per heavy atom. The third-order valence-corrected chi connectivity index (χ3v) is 3.80. The number of hydrogen-bond donors (Lipinski definition) is 2. The number of primary amides is 1. The van der Waals surface area contributed by atoms with Gasteiger partial charge in [-0.3, -0.25) is 9.59 Å². The van der Waals surface area contributed by atoms with Gasteiger partial charge in [-0.25, -0.2) is 0 Å². The van der Waals surface area contributed by atoms with Crippen LogP contribution in [0.15, 0.2) is 36.4 Å². The number of hydrogen-bond acceptors (Lipinski definition) is 5. The number of amides is 2. The molecule has 3 N–H and O–H groups in total. The van der Waals surface area contributed by atoms with Crippen molar-refractivity contribution in [3.8, 4) is 0 Å². The normalized spacial score (nSPS) is 17.3. The van der Waals surface area contributed by atoms with Crippen LogP contribution in [0, 0.1) is 0 Å². The molecule has 1 atom stereocenters. The summed E-state index contributed by atoms with van der Waals surface area (Å²) in [5, 5.41) is 11.2. The molecule has 1 aliphatic heterocycles. The molecule has 7 nitrogen and oxygen atoms in total. The van der Waals surface area contributed by atoms with Crippen LogP contribution in [0.2, 0.25) is 5.02 Å². The number of nitrogens with zero attached hydrogens (tertiary/aromatic N) is 3. The molecule has 23 heavy (non-hydrogen) atoms. The topological polar surface area (TPSA) is 101 Å². The van der Waals surface area contributed by atoms with Crippen molar-refractivity contribution in [3.63, 3.8) is 0 Å². The molecular weight excluding hydrogens is 318 g/mol. The van der Waals surface area contributed by atoms with Gasteiger partial charge in [0.1, 0.15) is 11.9 Å². The van der Waals surface area contributed by atoms with E-state index in [1.807, 2.05) is 6.07 Å². The second-order valence-corrected chi connectivity index (χ2v) is 5.56. The van der Waals surface area contributed by atoms with Crippen molar-refractivity contribution in [3.05, 3.63) is 47.1 Å². The molecule has 0 spiro atoms. The van der Waals surface area contributed by atoms with Gasteiger partial charge >= 0.3 is 0 Å². The van der Waals surface area contributed by atoms with Crippen LogP contribution in [0.25, 0.3) is 0 Å². The number of aromatic nitrogens is 2. The molecule has 1 aliphatic rings. The van der Waals surface area contributed by atoms with Crippen LogP contribution >= 0.6 is 11.6 Å². The van der Waals surface area contributed by atoms with E-state index in [2.05, 4.69) is 15.5 Å². The molecule has 2 amide bonds. The molecule has 0 radical (unpaired) electrons. The van der Waals surface area contributed by atoms with E-state index < -0.39 is 11.9 Å². The van der Waals surface area contributed by atoms with Gasteiger partial charge in [0.2, 0.25) is 5.91 Å². The zero-order valence-electron chi connectivity index (χ0n) is 12.1. The number of anilines is 2. The molecule has 0 aliphatic carbocycles. The zero-order valence-corrected chi connectivity index (χ0v) is 12.8. The van der Waals surface area contributed by atoms with Crippen LogP contribution in [0.5, 0.6) is 0 Å². The number of rotatable bonds is 4. The van der Waals surface area contributed by atoms with E-state index in [0.29, 0.717) is 23.8 Å². The van der Waals surface area contributed by atoms with Crippen molar-refractivity contribution < 1.29 is 9.59 Å². The van der Waals surface area contributed by atoms with E-state index in [9.17, 15) is 9.59 Å². The highest BCUT2D eigenvalue weighted by Gasteiger charge is 2.32. The zero-order chi connectivity index (χ0) is 16.4. The molecule has 1 unspecified atom stereocenters. The second kappa shape index (κ2) is 6.21. The fourth-order valence-electron chi connectivity index (χ4n) is 2.43. The minimum atomic E-state index is -0.645. The Labute approximate surface area is 137 Å². The maximum atomic E-state index is 12.5. The quantitative estimate of drug-likeness (QED) is 0.883. The number of nitrogens with two attached hydrogens (primary N) is 1. The summed E-state index contributed by atoms with van der Waals surface area (Å²) >= 11 is 5.97. The van der Waals surface area contributed by atoms with Gasteiger partial charge in [0.25, 0.3) is 5.91 Å². The molecule has 8 heteroatoms. The Bertz CT molecular complexity index is 750. The first kappa shape index (κ1) is 15.2. The van der Waals surface area contributed by atoms with Crippen molar-refractivity contribution in [2.24, 2.45) is 5.73 Å². The molecule has 118 valence electrons. The van der Waals surface area contributed by atoms with Gasteiger partial charge in [0.15, 0.2) is 5.69 Å². The summed E-state index contributed by atoms with van der Waals surface area (Å²) in [5.41, 5.74) is 5.95. The molecule has 2 aromatic rings. The van der Waals surface area contributed by atoms with E-state index in [4.69, 9.17) is 17.3 Å². The molecule has 3 rings (SSSR count). The highest BCUT2D eigenvalue weighted by molar-refractivity contribution is 6.31. The van der Waals surface area contributed by atoms with Crippen molar-refractivity contribution in [2.75, 3.05) is 16.8 Å². The highest BCUT2D eigenvalue weighted by atomic mass is 35.5. The van der Waals surface area contributed by atoms with Crippen molar-refractivity contribution >= 4 is 34.9 Å². The summed E-state index contributed by atoms with van der Waals surface area (Å²) in [5.74, 6) is -0.289. The largest absolute Gasteiger partial charge is 0.364 e. The summed E-state index contributed by atoms with van der Waals surface area (Å²) in [7, 11) is 0. The summed E-state index contributed by atoms with van der Waals surface area (Å²) in [6, 6.07) is 9.80. The number of carbonyl (C=O) groups is 2. The molecule has 1 aromatic heterocycles. The van der Waals surface area contributed by atoms with Crippen molar-refractivity contribution in [1.82, 2.24) is 10.2 Å². The van der Waals surface area contributed by atoms with Crippen LogP contribution < -0.4 is 16.0 Å². The van der Waals surface area contributed by atoms with Gasteiger partial charge < -0.3 is 16.0 Å². The Morgan fingerprint density at radius 2 is 2.13 bits per heavy atom. The Kier molecular flexibility index (Phi) is 4.12. The predicted molar refractivity (Wildman–Crippen MR) is 86.4 cm³/mol. The molecule has 0 saturated carbocycles. The fourth-order valence-corrected chi connectivity index (χ4v) is 2.62. The third-order valence-electron chi connectivity index (χ3n) is 3.56. The van der Waals surface area contributed by atoms with Gasteiger partial charge in [-0.05, 0) is 36.8 Å². The first-order chi connectivity index (χ1) is 11.0. The van der Waals surface area contributed by atoms with E-state index in [-0.39, 0.29) is 11.6 Å². The van der Waals surface area contributed by atoms with Crippen LogP contribution in [-0.4, -0.2) is 34.6 Å². The minimum absolute atomic E-state index is 0.0620. The maximum Gasteiger partial charge on any atom is 0.269 e. The second-order valence-electron chi connectivity index (χ2n) is 5.12. The SMILES string of the molecule is NC(=O)c1ccc(NC2CCN(c3cccc(Cl)c3)C2=O)nn1. The number of nitrogens with one attached hydrogen (secondary N) is 1. The summed E-state index contributed by atoms with van der Waals surface area (Å²) < 4.78 is 0. The van der Waals surface area contributed by atoms with Gasteiger partial charge in [0, 0.05) is 17.3 Å². The molecule has 2 heterocycles. The van der Waals surface area contributed by atoms with Crippen LogP contribution in [0.3, 0.4) is 0 Å². The molecule has 1 fully saturated rings. The smallest absolute Gasteiger partial charge is 0.269 e. The number of halogens is 1. The number of benzene rings is 1. The predicted octanol–water partition coefficient (Wildman–Crippen LogP) is 1.45.